The van der Waals surface area contributed by atoms with Crippen molar-refractivity contribution in [1.82, 2.24) is 0 Å². The number of anilines is 2. The summed E-state index contributed by atoms with van der Waals surface area (Å²) in [5.74, 6) is -1.37. The van der Waals surface area contributed by atoms with E-state index in [2.05, 4.69) is 0 Å². The molecule has 3 atom stereocenters. The highest BCUT2D eigenvalue weighted by atomic mass is 16.7. The summed E-state index contributed by atoms with van der Waals surface area (Å²) in [5, 5.41) is 1.59. The number of esters is 1. The fourth-order valence-corrected chi connectivity index (χ4v) is 5.29. The first-order valence-electron chi connectivity index (χ1n) is 13.0. The van der Waals surface area contributed by atoms with Crippen molar-refractivity contribution in [1.29, 1.82) is 0 Å². The van der Waals surface area contributed by atoms with E-state index in [1.165, 1.54) is 14.2 Å². The molecule has 9 heteroatoms. The van der Waals surface area contributed by atoms with Crippen molar-refractivity contribution in [2.45, 2.75) is 12.1 Å². The number of fused-ring (bicyclic) bond motifs is 1. The Morgan fingerprint density at radius 1 is 0.732 bits per heavy atom. The number of hydrogen-bond donors (Lipinski definition) is 0. The number of benzene rings is 4. The third-order valence-corrected chi connectivity index (χ3v) is 7.19. The smallest absolute Gasteiger partial charge is 0.343 e. The normalized spacial score (nSPS) is 19.7. The lowest BCUT2D eigenvalue weighted by molar-refractivity contribution is -0.126. The van der Waals surface area contributed by atoms with Gasteiger partial charge < -0.3 is 14.2 Å². The zero-order valence-corrected chi connectivity index (χ0v) is 22.3. The molecule has 0 aromatic heterocycles. The number of para-hydroxylation sites is 3. The SMILES string of the molecule is COc1cc([C@@H]2[C@@H]3C(=O)N(c4ccccc4OC)C(=O)[C@@H]3ON2c2ccccc2)ccc1OC(=O)c1ccccc1. The Bertz CT molecular complexity index is 1610. The number of hydrogen-bond acceptors (Lipinski definition) is 8. The first kappa shape index (κ1) is 26.1. The molecule has 4 aromatic carbocycles. The van der Waals surface area contributed by atoms with Crippen LogP contribution in [0.5, 0.6) is 17.2 Å². The zero-order chi connectivity index (χ0) is 28.5. The summed E-state index contributed by atoms with van der Waals surface area (Å²) in [7, 11) is 2.95. The molecule has 2 aliphatic rings. The third-order valence-electron chi connectivity index (χ3n) is 7.19. The van der Waals surface area contributed by atoms with Gasteiger partial charge in [-0.3, -0.25) is 14.4 Å². The van der Waals surface area contributed by atoms with Crippen molar-refractivity contribution >= 4 is 29.2 Å². The van der Waals surface area contributed by atoms with E-state index in [0.717, 1.165) is 4.90 Å². The molecule has 0 N–H and O–H groups in total. The number of rotatable bonds is 7. The molecule has 4 aromatic rings. The number of nitrogens with zero attached hydrogens (tertiary/aromatic N) is 2. The van der Waals surface area contributed by atoms with Gasteiger partial charge in [0, 0.05) is 0 Å². The fourth-order valence-electron chi connectivity index (χ4n) is 5.29. The molecular formula is C32H26N2O7. The van der Waals surface area contributed by atoms with Crippen LogP contribution >= 0.6 is 0 Å². The first-order valence-corrected chi connectivity index (χ1v) is 13.0. The van der Waals surface area contributed by atoms with E-state index in [0.29, 0.717) is 34.0 Å². The number of methoxy groups -OCH3 is 2. The molecule has 0 saturated carbocycles. The Kier molecular flexibility index (Phi) is 6.86. The van der Waals surface area contributed by atoms with Crippen molar-refractivity contribution in [2.24, 2.45) is 5.92 Å². The van der Waals surface area contributed by atoms with Crippen LogP contribution in [0.2, 0.25) is 0 Å². The highest BCUT2D eigenvalue weighted by Crippen LogP contribution is 2.49. The average Bonchev–Trinajstić information content (AvgIpc) is 3.53. The predicted octanol–water partition coefficient (Wildman–Crippen LogP) is 4.97. The number of hydroxylamine groups is 1. The molecule has 9 nitrogen and oxygen atoms in total. The summed E-state index contributed by atoms with van der Waals surface area (Å²) in [6.07, 6.45) is -1.06. The minimum Gasteiger partial charge on any atom is -0.495 e. The molecule has 206 valence electrons. The number of amides is 2. The van der Waals surface area contributed by atoms with Crippen molar-refractivity contribution in [2.75, 3.05) is 24.2 Å². The van der Waals surface area contributed by atoms with Gasteiger partial charge in [-0.2, -0.15) is 0 Å². The van der Waals surface area contributed by atoms with Gasteiger partial charge in [-0.25, -0.2) is 14.8 Å². The van der Waals surface area contributed by atoms with E-state index in [-0.39, 0.29) is 5.75 Å². The zero-order valence-electron chi connectivity index (χ0n) is 22.3. The molecule has 2 aliphatic heterocycles. The fraction of sp³-hybridized carbons (Fsp3) is 0.156. The second-order valence-electron chi connectivity index (χ2n) is 9.51. The monoisotopic (exact) mass is 550 g/mol. The quantitative estimate of drug-likeness (QED) is 0.181. The van der Waals surface area contributed by atoms with Gasteiger partial charge in [0.05, 0.1) is 37.2 Å². The van der Waals surface area contributed by atoms with Gasteiger partial charge in [0.15, 0.2) is 17.6 Å². The van der Waals surface area contributed by atoms with E-state index >= 15 is 0 Å². The van der Waals surface area contributed by atoms with Gasteiger partial charge in [0.1, 0.15) is 11.7 Å². The first-order chi connectivity index (χ1) is 20.0. The standard InChI is InChI=1S/C32H26N2O7/c1-38-24-16-10-9-15-23(24)33-30(35)27-28(34(41-29(27)31(33)36)22-13-7-4-8-14-22)21-17-18-25(26(19-21)39-2)40-32(37)20-11-5-3-6-12-20/h3-19,27-29H,1-2H3/t27-,28+,29+/m0/s1. The van der Waals surface area contributed by atoms with E-state index in [1.54, 1.807) is 71.8 Å². The molecule has 2 amide bonds. The van der Waals surface area contributed by atoms with Crippen LogP contribution < -0.4 is 24.2 Å². The molecule has 0 unspecified atom stereocenters. The summed E-state index contributed by atoms with van der Waals surface area (Å²) in [6.45, 7) is 0. The molecule has 0 bridgehead atoms. The highest BCUT2D eigenvalue weighted by Gasteiger charge is 2.60. The van der Waals surface area contributed by atoms with Gasteiger partial charge in [-0.15, -0.1) is 0 Å². The Morgan fingerprint density at radius 3 is 2.10 bits per heavy atom. The van der Waals surface area contributed by atoms with Crippen molar-refractivity contribution in [3.05, 3.63) is 114 Å². The summed E-state index contributed by atoms with van der Waals surface area (Å²) >= 11 is 0. The number of carbonyl (C=O) groups is 3. The Morgan fingerprint density at radius 2 is 1.39 bits per heavy atom. The predicted molar refractivity (Wildman–Crippen MR) is 150 cm³/mol. The van der Waals surface area contributed by atoms with Gasteiger partial charge >= 0.3 is 5.97 Å². The number of imide groups is 1. The van der Waals surface area contributed by atoms with E-state index in [4.69, 9.17) is 19.0 Å². The summed E-state index contributed by atoms with van der Waals surface area (Å²) in [6, 6.07) is 29.1. The minimum atomic E-state index is -1.06. The van der Waals surface area contributed by atoms with E-state index in [1.807, 2.05) is 36.4 Å². The number of ether oxygens (including phenoxy) is 3. The molecule has 6 rings (SSSR count). The highest BCUT2D eigenvalue weighted by molar-refractivity contribution is 6.24. The molecule has 0 radical (unpaired) electrons. The molecule has 2 fully saturated rings. The van der Waals surface area contributed by atoms with Gasteiger partial charge in [-0.05, 0) is 54.1 Å². The Balaban J connectivity index is 1.39. The van der Waals surface area contributed by atoms with E-state index < -0.39 is 35.8 Å². The second-order valence-corrected chi connectivity index (χ2v) is 9.51. The third kappa shape index (κ3) is 4.56. The maximum atomic E-state index is 14.0. The molecule has 2 saturated heterocycles. The lowest BCUT2D eigenvalue weighted by atomic mass is 9.90. The van der Waals surface area contributed by atoms with Crippen molar-refractivity contribution < 1.29 is 33.4 Å². The lowest BCUT2D eigenvalue weighted by Crippen LogP contribution is -2.37. The molecular weight excluding hydrogens is 524 g/mol. The van der Waals surface area contributed by atoms with Crippen LogP contribution in [0.4, 0.5) is 11.4 Å². The van der Waals surface area contributed by atoms with Crippen LogP contribution in [0.1, 0.15) is 22.0 Å². The van der Waals surface area contributed by atoms with Gasteiger partial charge in [-0.1, -0.05) is 54.6 Å². The van der Waals surface area contributed by atoms with Crippen LogP contribution in [0.15, 0.2) is 103 Å². The molecule has 0 aliphatic carbocycles. The minimum absolute atomic E-state index is 0.219. The maximum Gasteiger partial charge on any atom is 0.343 e. The van der Waals surface area contributed by atoms with Crippen LogP contribution in [-0.2, 0) is 14.4 Å². The second kappa shape index (κ2) is 10.8. The summed E-state index contributed by atoms with van der Waals surface area (Å²) < 4.78 is 16.6. The van der Waals surface area contributed by atoms with Gasteiger partial charge in [0.2, 0.25) is 5.91 Å². The van der Waals surface area contributed by atoms with Crippen LogP contribution in [0.25, 0.3) is 0 Å². The van der Waals surface area contributed by atoms with Crippen LogP contribution in [-0.4, -0.2) is 38.1 Å². The number of carbonyl (C=O) groups excluding carboxylic acids is 3. The van der Waals surface area contributed by atoms with Crippen LogP contribution in [0, 0.1) is 5.92 Å². The van der Waals surface area contributed by atoms with Crippen LogP contribution in [0.3, 0.4) is 0 Å². The van der Waals surface area contributed by atoms with E-state index in [9.17, 15) is 14.4 Å². The summed E-state index contributed by atoms with van der Waals surface area (Å²) in [4.78, 5) is 47.7. The van der Waals surface area contributed by atoms with Crippen molar-refractivity contribution in [3.63, 3.8) is 0 Å². The summed E-state index contributed by atoms with van der Waals surface area (Å²) in [5.41, 5.74) is 2.07. The average molecular weight is 551 g/mol. The lowest BCUT2D eigenvalue weighted by Gasteiger charge is -2.29. The molecule has 2 heterocycles. The van der Waals surface area contributed by atoms with Crippen molar-refractivity contribution in [3.8, 4) is 17.2 Å². The topological polar surface area (TPSA) is 94.6 Å². The maximum absolute atomic E-state index is 14.0. The van der Waals surface area contributed by atoms with Gasteiger partial charge in [0.25, 0.3) is 5.91 Å². The Labute approximate surface area is 236 Å². The molecule has 41 heavy (non-hydrogen) atoms. The largest absolute Gasteiger partial charge is 0.495 e. The Hall–Kier alpha value is -5.15. The molecule has 0 spiro atoms.